The first-order valence-corrected chi connectivity index (χ1v) is 7.47. The number of amides is 1. The molecule has 0 atom stereocenters. The second-order valence-electron chi connectivity index (χ2n) is 6.88. The van der Waals surface area contributed by atoms with E-state index in [1.165, 1.54) is 5.56 Å². The van der Waals surface area contributed by atoms with Crippen LogP contribution in [-0.4, -0.2) is 25.1 Å². The number of carbonyl (C=O) groups excluding carboxylic acids is 1. The fourth-order valence-corrected chi connectivity index (χ4v) is 2.60. The van der Waals surface area contributed by atoms with Crippen LogP contribution < -0.4 is 15.4 Å². The molecule has 0 bridgehead atoms. The highest BCUT2D eigenvalue weighted by Gasteiger charge is 2.44. The summed E-state index contributed by atoms with van der Waals surface area (Å²) in [6.45, 7) is 8.35. The van der Waals surface area contributed by atoms with E-state index in [9.17, 15) is 4.79 Å². The summed E-state index contributed by atoms with van der Waals surface area (Å²) in [5.74, 6) is 0.812. The summed E-state index contributed by atoms with van der Waals surface area (Å²) in [5, 5.41) is 0. The standard InChI is InChI=1S/C17H26N2O2/c1-16(2,17(3,4)18)15(20)19-11-7-9-12-8-6-10-13(21-5)14(12)19/h6,8,10H,7,9,11,18H2,1-5H3. The fourth-order valence-electron chi connectivity index (χ4n) is 2.60. The first-order chi connectivity index (χ1) is 9.70. The van der Waals surface area contributed by atoms with Gasteiger partial charge in [0, 0.05) is 12.1 Å². The average Bonchev–Trinajstić information content (AvgIpc) is 2.43. The molecule has 0 spiro atoms. The van der Waals surface area contributed by atoms with Gasteiger partial charge in [-0.2, -0.15) is 0 Å². The molecule has 0 saturated carbocycles. The van der Waals surface area contributed by atoms with Crippen molar-refractivity contribution in [3.63, 3.8) is 0 Å². The Balaban J connectivity index is 2.47. The zero-order valence-corrected chi connectivity index (χ0v) is 13.7. The molecule has 0 saturated heterocycles. The molecule has 0 aromatic heterocycles. The molecule has 1 aromatic carbocycles. The van der Waals surface area contributed by atoms with Crippen molar-refractivity contribution in [3.05, 3.63) is 23.8 Å². The third-order valence-corrected chi connectivity index (χ3v) is 4.79. The van der Waals surface area contributed by atoms with E-state index in [4.69, 9.17) is 10.5 Å². The molecule has 2 N–H and O–H groups in total. The smallest absolute Gasteiger partial charge is 0.234 e. The van der Waals surface area contributed by atoms with Crippen LogP contribution in [-0.2, 0) is 11.2 Å². The number of carbonyl (C=O) groups is 1. The zero-order chi connectivity index (χ0) is 15.8. The van der Waals surface area contributed by atoms with E-state index < -0.39 is 11.0 Å². The van der Waals surface area contributed by atoms with Gasteiger partial charge in [-0.3, -0.25) is 4.79 Å². The van der Waals surface area contributed by atoms with Crippen LogP contribution in [0.5, 0.6) is 5.75 Å². The molecule has 116 valence electrons. The van der Waals surface area contributed by atoms with Crippen LogP contribution in [0.25, 0.3) is 0 Å². The molecule has 0 fully saturated rings. The van der Waals surface area contributed by atoms with Gasteiger partial charge < -0.3 is 15.4 Å². The highest BCUT2D eigenvalue weighted by molar-refractivity contribution is 6.00. The maximum Gasteiger partial charge on any atom is 0.234 e. The van der Waals surface area contributed by atoms with Crippen LogP contribution >= 0.6 is 0 Å². The van der Waals surface area contributed by atoms with E-state index in [2.05, 4.69) is 6.07 Å². The van der Waals surface area contributed by atoms with Crippen molar-refractivity contribution >= 4 is 11.6 Å². The van der Waals surface area contributed by atoms with Crippen LogP contribution in [0.1, 0.15) is 39.7 Å². The molecule has 1 aliphatic rings. The topological polar surface area (TPSA) is 55.6 Å². The Morgan fingerprint density at radius 1 is 1.29 bits per heavy atom. The number of nitrogens with two attached hydrogens (primary N) is 1. The van der Waals surface area contributed by atoms with Crippen molar-refractivity contribution in [1.29, 1.82) is 0 Å². The van der Waals surface area contributed by atoms with Gasteiger partial charge >= 0.3 is 0 Å². The Kier molecular flexibility index (Phi) is 4.02. The predicted molar refractivity (Wildman–Crippen MR) is 85.7 cm³/mol. The van der Waals surface area contributed by atoms with Crippen LogP contribution in [0.4, 0.5) is 5.69 Å². The largest absolute Gasteiger partial charge is 0.495 e. The summed E-state index contributed by atoms with van der Waals surface area (Å²) >= 11 is 0. The molecule has 1 heterocycles. The number of methoxy groups -OCH3 is 1. The molecule has 1 aromatic rings. The van der Waals surface area contributed by atoms with Gasteiger partial charge in [0.2, 0.25) is 5.91 Å². The average molecular weight is 290 g/mol. The van der Waals surface area contributed by atoms with Crippen LogP contribution in [0.3, 0.4) is 0 Å². The number of hydrogen-bond acceptors (Lipinski definition) is 3. The predicted octanol–water partition coefficient (Wildman–Crippen LogP) is 2.74. The molecule has 21 heavy (non-hydrogen) atoms. The van der Waals surface area contributed by atoms with E-state index in [0.29, 0.717) is 6.54 Å². The minimum absolute atomic E-state index is 0.0560. The molecule has 1 amide bonds. The lowest BCUT2D eigenvalue weighted by atomic mass is 9.73. The van der Waals surface area contributed by atoms with Crippen LogP contribution in [0.2, 0.25) is 0 Å². The molecule has 2 rings (SSSR count). The summed E-state index contributed by atoms with van der Waals surface area (Å²) in [7, 11) is 1.64. The normalized spacial score (nSPS) is 15.6. The Bertz CT molecular complexity index is 530. The lowest BCUT2D eigenvalue weighted by Gasteiger charge is -2.42. The van der Waals surface area contributed by atoms with Gasteiger partial charge in [0.15, 0.2) is 0 Å². The molecular formula is C17H26N2O2. The Morgan fingerprint density at radius 3 is 2.52 bits per heavy atom. The summed E-state index contributed by atoms with van der Waals surface area (Å²) < 4.78 is 5.47. The third-order valence-electron chi connectivity index (χ3n) is 4.79. The quantitative estimate of drug-likeness (QED) is 0.931. The van der Waals surface area contributed by atoms with E-state index >= 15 is 0 Å². The number of benzene rings is 1. The summed E-state index contributed by atoms with van der Waals surface area (Å²) in [4.78, 5) is 14.9. The maximum atomic E-state index is 13.1. The number of nitrogens with zero attached hydrogens (tertiary/aromatic N) is 1. The minimum atomic E-state index is -0.650. The van der Waals surface area contributed by atoms with E-state index in [-0.39, 0.29) is 5.91 Å². The van der Waals surface area contributed by atoms with Crippen LogP contribution in [0, 0.1) is 5.41 Å². The van der Waals surface area contributed by atoms with Crippen molar-refractivity contribution < 1.29 is 9.53 Å². The molecule has 0 radical (unpaired) electrons. The first-order valence-electron chi connectivity index (χ1n) is 7.47. The van der Waals surface area contributed by atoms with Crippen molar-refractivity contribution in [2.75, 3.05) is 18.6 Å². The fraction of sp³-hybridized carbons (Fsp3) is 0.588. The summed E-state index contributed by atoms with van der Waals surface area (Å²) in [6, 6.07) is 5.95. The number of para-hydroxylation sites is 1. The van der Waals surface area contributed by atoms with Crippen LogP contribution in [0.15, 0.2) is 18.2 Å². The molecule has 1 aliphatic heterocycles. The summed E-state index contributed by atoms with van der Waals surface area (Å²) in [6.07, 6.45) is 1.94. The van der Waals surface area contributed by atoms with Gasteiger partial charge in [0.25, 0.3) is 0 Å². The van der Waals surface area contributed by atoms with Gasteiger partial charge in [-0.15, -0.1) is 0 Å². The second kappa shape index (κ2) is 5.34. The molecule has 4 heteroatoms. The van der Waals surface area contributed by atoms with Gasteiger partial charge in [-0.1, -0.05) is 12.1 Å². The Morgan fingerprint density at radius 2 is 1.95 bits per heavy atom. The number of anilines is 1. The first kappa shape index (κ1) is 15.8. The minimum Gasteiger partial charge on any atom is -0.495 e. The van der Waals surface area contributed by atoms with E-state index in [1.54, 1.807) is 7.11 Å². The van der Waals surface area contributed by atoms with Crippen molar-refractivity contribution in [1.82, 2.24) is 0 Å². The van der Waals surface area contributed by atoms with Gasteiger partial charge in [-0.05, 0) is 52.2 Å². The zero-order valence-electron chi connectivity index (χ0n) is 13.7. The third kappa shape index (κ3) is 2.64. The molecule has 0 unspecified atom stereocenters. The second-order valence-corrected chi connectivity index (χ2v) is 6.88. The lowest BCUT2D eigenvalue weighted by Crippen LogP contribution is -2.57. The van der Waals surface area contributed by atoms with Crippen molar-refractivity contribution in [3.8, 4) is 5.75 Å². The highest BCUT2D eigenvalue weighted by atomic mass is 16.5. The molecular weight excluding hydrogens is 264 g/mol. The summed E-state index contributed by atoms with van der Waals surface area (Å²) in [5.41, 5.74) is 7.07. The number of ether oxygens (including phenoxy) is 1. The SMILES string of the molecule is COc1cccc2c1N(C(=O)C(C)(C)C(C)(C)N)CCC2. The van der Waals surface area contributed by atoms with Gasteiger partial charge in [0.05, 0.1) is 18.2 Å². The number of fused-ring (bicyclic) bond motifs is 1. The highest BCUT2D eigenvalue weighted by Crippen LogP contribution is 2.40. The van der Waals surface area contributed by atoms with Crippen molar-refractivity contribution in [2.24, 2.45) is 11.1 Å². The number of hydrogen-bond donors (Lipinski definition) is 1. The van der Waals surface area contributed by atoms with Gasteiger partial charge in [0.1, 0.15) is 5.75 Å². The lowest BCUT2D eigenvalue weighted by molar-refractivity contribution is -0.129. The maximum absolute atomic E-state index is 13.1. The van der Waals surface area contributed by atoms with Crippen molar-refractivity contribution in [2.45, 2.75) is 46.1 Å². The van der Waals surface area contributed by atoms with E-state index in [1.807, 2.05) is 44.7 Å². The number of rotatable bonds is 3. The van der Waals surface area contributed by atoms with E-state index in [0.717, 1.165) is 24.3 Å². The Labute approximate surface area is 127 Å². The molecule has 0 aliphatic carbocycles. The molecule has 4 nitrogen and oxygen atoms in total. The Hall–Kier alpha value is -1.55. The monoisotopic (exact) mass is 290 g/mol. The number of aryl methyl sites for hydroxylation is 1. The van der Waals surface area contributed by atoms with Gasteiger partial charge in [-0.25, -0.2) is 0 Å².